The second kappa shape index (κ2) is 5.62. The van der Waals surface area contributed by atoms with E-state index in [1.54, 1.807) is 0 Å². The van der Waals surface area contributed by atoms with Gasteiger partial charge in [-0.15, -0.1) is 0 Å². The molecule has 1 N–H and O–H groups in total. The van der Waals surface area contributed by atoms with E-state index in [1.165, 1.54) is 0 Å². The zero-order valence-electron chi connectivity index (χ0n) is 12.2. The zero-order valence-corrected chi connectivity index (χ0v) is 13.7. The molecule has 0 radical (unpaired) electrons. The second-order valence-electron chi connectivity index (χ2n) is 6.03. The number of rotatable bonds is 3. The van der Waals surface area contributed by atoms with Gasteiger partial charge in [0.15, 0.2) is 0 Å². The number of aliphatic hydroxyl groups excluding tert-OH is 1. The number of anilines is 1. The first-order valence-electron chi connectivity index (χ1n) is 6.35. The summed E-state index contributed by atoms with van der Waals surface area (Å²) in [6.07, 6.45) is -0.456. The third-order valence-electron chi connectivity index (χ3n) is 3.66. The van der Waals surface area contributed by atoms with Gasteiger partial charge in [-0.05, 0) is 31.4 Å². The van der Waals surface area contributed by atoms with Crippen molar-refractivity contribution < 1.29 is 5.11 Å². The van der Waals surface area contributed by atoms with E-state index in [1.807, 2.05) is 19.1 Å². The van der Waals surface area contributed by atoms with Gasteiger partial charge >= 0.3 is 0 Å². The molecule has 1 aromatic carbocycles. The summed E-state index contributed by atoms with van der Waals surface area (Å²) in [7, 11) is 2.09. The van der Waals surface area contributed by atoms with Gasteiger partial charge in [-0.25, -0.2) is 0 Å². The van der Waals surface area contributed by atoms with Gasteiger partial charge in [0.05, 0.1) is 6.10 Å². The molecular weight excluding hydrogens is 290 g/mol. The third-order valence-corrected chi connectivity index (χ3v) is 4.15. The molecule has 2 nitrogen and oxygen atoms in total. The Kier molecular flexibility index (Phi) is 4.84. The molecule has 2 atom stereocenters. The van der Waals surface area contributed by atoms with Crippen LogP contribution in [0.5, 0.6) is 0 Å². The Morgan fingerprint density at radius 3 is 2.22 bits per heavy atom. The Morgan fingerprint density at radius 2 is 1.78 bits per heavy atom. The quantitative estimate of drug-likeness (QED) is 0.895. The van der Waals surface area contributed by atoms with Crippen molar-refractivity contribution in [3.63, 3.8) is 0 Å². The fourth-order valence-electron chi connectivity index (χ4n) is 1.97. The van der Waals surface area contributed by atoms with Crippen LogP contribution in [0.3, 0.4) is 0 Å². The molecule has 0 saturated carbocycles. The van der Waals surface area contributed by atoms with Crippen molar-refractivity contribution in [2.75, 3.05) is 11.9 Å². The molecule has 1 aromatic rings. The number of aliphatic hydroxyl groups is 1. The van der Waals surface area contributed by atoms with E-state index in [0.29, 0.717) is 6.04 Å². The highest BCUT2D eigenvalue weighted by molar-refractivity contribution is 9.10. The van der Waals surface area contributed by atoms with Crippen LogP contribution in [-0.2, 0) is 0 Å². The molecule has 0 bridgehead atoms. The van der Waals surface area contributed by atoms with Crippen molar-refractivity contribution in [3.05, 3.63) is 28.2 Å². The minimum Gasteiger partial charge on any atom is -0.389 e. The van der Waals surface area contributed by atoms with Gasteiger partial charge in [0.25, 0.3) is 0 Å². The fraction of sp³-hybridized carbons (Fsp3) is 0.600. The largest absolute Gasteiger partial charge is 0.389 e. The summed E-state index contributed by atoms with van der Waals surface area (Å²) in [4.78, 5) is 2.24. The number of nitrogens with zero attached hydrogens (tertiary/aromatic N) is 1. The van der Waals surface area contributed by atoms with E-state index in [9.17, 15) is 5.11 Å². The molecule has 0 aromatic heterocycles. The van der Waals surface area contributed by atoms with Crippen molar-refractivity contribution in [2.24, 2.45) is 5.41 Å². The second-order valence-corrected chi connectivity index (χ2v) is 6.95. The lowest BCUT2D eigenvalue weighted by Crippen LogP contribution is -2.39. The van der Waals surface area contributed by atoms with Crippen LogP contribution >= 0.6 is 15.9 Å². The highest BCUT2D eigenvalue weighted by Crippen LogP contribution is 2.33. The zero-order chi connectivity index (χ0) is 14.1. The average Bonchev–Trinajstić information content (AvgIpc) is 2.25. The first-order chi connectivity index (χ1) is 8.14. The van der Waals surface area contributed by atoms with Crippen LogP contribution in [-0.4, -0.2) is 18.2 Å². The van der Waals surface area contributed by atoms with Gasteiger partial charge in [0.2, 0.25) is 0 Å². The van der Waals surface area contributed by atoms with Gasteiger partial charge in [-0.2, -0.15) is 0 Å². The Hall–Kier alpha value is -0.540. The maximum atomic E-state index is 9.89. The van der Waals surface area contributed by atoms with Crippen LogP contribution < -0.4 is 4.90 Å². The molecule has 102 valence electrons. The lowest BCUT2D eigenvalue weighted by molar-refractivity contribution is 0.199. The predicted molar refractivity (Wildman–Crippen MR) is 82.1 cm³/mol. The summed E-state index contributed by atoms with van der Waals surface area (Å²) in [5, 5.41) is 9.89. The molecule has 0 heterocycles. The third kappa shape index (κ3) is 3.48. The number of hydrogen-bond acceptors (Lipinski definition) is 2. The van der Waals surface area contributed by atoms with Gasteiger partial charge in [-0.1, -0.05) is 42.8 Å². The standard InChI is InChI=1S/C15H24BrNO/c1-10(18)13-8-7-12(16)9-14(13)17(6)11(2)15(3,4)5/h7-11,18H,1-6H3. The molecule has 0 fully saturated rings. The van der Waals surface area contributed by atoms with Crippen LogP contribution in [0.4, 0.5) is 5.69 Å². The summed E-state index contributed by atoms with van der Waals surface area (Å²) >= 11 is 3.51. The van der Waals surface area contributed by atoms with Crippen LogP contribution in [0.15, 0.2) is 22.7 Å². The lowest BCUT2D eigenvalue weighted by Gasteiger charge is -2.38. The Labute approximate surface area is 119 Å². The Morgan fingerprint density at radius 1 is 1.22 bits per heavy atom. The molecule has 2 unspecified atom stereocenters. The minimum atomic E-state index is -0.456. The number of benzene rings is 1. The van der Waals surface area contributed by atoms with Crippen LogP contribution in [0.25, 0.3) is 0 Å². The number of halogens is 1. The SMILES string of the molecule is CC(O)c1ccc(Br)cc1N(C)C(C)C(C)(C)C. The van der Waals surface area contributed by atoms with Crippen LogP contribution in [0.1, 0.15) is 46.3 Å². The molecule has 0 aliphatic carbocycles. The topological polar surface area (TPSA) is 23.5 Å². The lowest BCUT2D eigenvalue weighted by atomic mass is 9.86. The predicted octanol–water partition coefficient (Wildman–Crippen LogP) is 4.37. The molecule has 3 heteroatoms. The average molecular weight is 314 g/mol. The van der Waals surface area contributed by atoms with E-state index in [4.69, 9.17) is 0 Å². The maximum Gasteiger partial charge on any atom is 0.0782 e. The van der Waals surface area contributed by atoms with Crippen molar-refractivity contribution >= 4 is 21.6 Å². The van der Waals surface area contributed by atoms with E-state index >= 15 is 0 Å². The first-order valence-corrected chi connectivity index (χ1v) is 7.14. The molecule has 1 rings (SSSR count). The molecule has 0 amide bonds. The Balaban J connectivity index is 3.19. The maximum absolute atomic E-state index is 9.89. The van der Waals surface area contributed by atoms with Gasteiger partial charge in [-0.3, -0.25) is 0 Å². The Bertz CT molecular complexity index is 409. The van der Waals surface area contributed by atoms with E-state index < -0.39 is 6.10 Å². The van der Waals surface area contributed by atoms with E-state index in [-0.39, 0.29) is 5.41 Å². The molecule has 0 saturated heterocycles. The highest BCUT2D eigenvalue weighted by atomic mass is 79.9. The fourth-order valence-corrected chi connectivity index (χ4v) is 2.31. The minimum absolute atomic E-state index is 0.188. The van der Waals surface area contributed by atoms with Crippen molar-refractivity contribution in [3.8, 4) is 0 Å². The van der Waals surface area contributed by atoms with E-state index in [2.05, 4.69) is 61.6 Å². The molecular formula is C15H24BrNO. The molecule has 0 aliphatic rings. The van der Waals surface area contributed by atoms with Gasteiger partial charge < -0.3 is 10.0 Å². The van der Waals surface area contributed by atoms with E-state index in [0.717, 1.165) is 15.7 Å². The van der Waals surface area contributed by atoms with Crippen molar-refractivity contribution in [2.45, 2.75) is 46.8 Å². The smallest absolute Gasteiger partial charge is 0.0782 e. The van der Waals surface area contributed by atoms with Gasteiger partial charge in [0, 0.05) is 28.8 Å². The summed E-state index contributed by atoms with van der Waals surface area (Å²) in [6, 6.07) is 6.41. The number of hydrogen-bond donors (Lipinski definition) is 1. The summed E-state index contributed by atoms with van der Waals surface area (Å²) in [5.41, 5.74) is 2.24. The molecule has 0 spiro atoms. The van der Waals surface area contributed by atoms with Crippen LogP contribution in [0.2, 0.25) is 0 Å². The van der Waals surface area contributed by atoms with Crippen LogP contribution in [0, 0.1) is 5.41 Å². The first kappa shape index (κ1) is 15.5. The highest BCUT2D eigenvalue weighted by Gasteiger charge is 2.26. The summed E-state index contributed by atoms with van der Waals surface area (Å²) in [5.74, 6) is 0. The van der Waals surface area contributed by atoms with Crippen molar-refractivity contribution in [1.82, 2.24) is 0 Å². The monoisotopic (exact) mass is 313 g/mol. The summed E-state index contributed by atoms with van der Waals surface area (Å²) in [6.45, 7) is 10.7. The molecule has 0 aliphatic heterocycles. The van der Waals surface area contributed by atoms with Gasteiger partial charge in [0.1, 0.15) is 0 Å². The summed E-state index contributed by atoms with van der Waals surface area (Å²) < 4.78 is 1.04. The normalized spacial score (nSPS) is 15.3. The molecule has 18 heavy (non-hydrogen) atoms. The van der Waals surface area contributed by atoms with Crippen molar-refractivity contribution in [1.29, 1.82) is 0 Å².